The van der Waals surface area contributed by atoms with Crippen LogP contribution in [0.2, 0.25) is 5.02 Å². The summed E-state index contributed by atoms with van der Waals surface area (Å²) >= 11 is 6.21. The summed E-state index contributed by atoms with van der Waals surface area (Å²) in [6.45, 7) is 7.51. The third-order valence-electron chi connectivity index (χ3n) is 8.49. The second kappa shape index (κ2) is 11.7. The Kier molecular flexibility index (Phi) is 8.41. The smallest absolute Gasteiger partial charge is 0.316 e. The summed E-state index contributed by atoms with van der Waals surface area (Å²) in [4.78, 5) is 27.8. The number of nitrogen functional groups attached to an aromatic ring is 1. The molecule has 2 fully saturated rings. The summed E-state index contributed by atoms with van der Waals surface area (Å²) in [7, 11) is -1.14. The Morgan fingerprint density at radius 2 is 1.85 bits per heavy atom. The van der Waals surface area contributed by atoms with Crippen LogP contribution in [-0.4, -0.2) is 65.2 Å². The van der Waals surface area contributed by atoms with Gasteiger partial charge in [-0.2, -0.15) is 20.0 Å². The molecule has 0 atom stereocenters. The highest BCUT2D eigenvalue weighted by Crippen LogP contribution is 2.50. The standard InChI is InChI=1S/C31H40ClN5O3S/c1-5-31(11-12-31)21-40-29-28(19-34-37(30(29)39)25-8-6-7-24(32)18-25)35-13-15-36(16-14-35)41(3,4)20-23-9-10-26(22(2)38)27(33)17-23/h6-10,17-19H,5,11-16,20-21,33H2,1-4H3. The average Bonchev–Trinajstić information content (AvgIpc) is 3.72. The maximum atomic E-state index is 13.8. The van der Waals surface area contributed by atoms with Crippen molar-refractivity contribution >= 4 is 39.0 Å². The molecule has 1 saturated carbocycles. The molecule has 2 aliphatic rings. The van der Waals surface area contributed by atoms with E-state index in [1.54, 1.807) is 25.3 Å². The van der Waals surface area contributed by atoms with E-state index < -0.39 is 10.2 Å². The molecule has 0 spiro atoms. The number of aromatic nitrogens is 2. The zero-order valence-electron chi connectivity index (χ0n) is 24.4. The highest BCUT2D eigenvalue weighted by Gasteiger charge is 2.42. The van der Waals surface area contributed by atoms with E-state index in [4.69, 9.17) is 22.1 Å². The van der Waals surface area contributed by atoms with Crippen LogP contribution < -0.4 is 20.9 Å². The van der Waals surface area contributed by atoms with Gasteiger partial charge in [-0.25, -0.2) is 0 Å². The van der Waals surface area contributed by atoms with Gasteiger partial charge in [0.25, 0.3) is 0 Å². The van der Waals surface area contributed by atoms with Crippen LogP contribution in [0.25, 0.3) is 5.69 Å². The number of nitrogens with two attached hydrogens (primary N) is 1. The Bertz CT molecular complexity index is 1500. The van der Waals surface area contributed by atoms with Crippen molar-refractivity contribution in [2.75, 3.05) is 55.9 Å². The SMILES string of the molecule is CCC1(COc2c(N3CCN(S(C)(C)Cc4ccc(C(C)=O)c(N)c4)CC3)cnn(-c3cccc(Cl)c3)c2=O)CC1. The number of Topliss-reactive ketones (excluding diaryl/α,β-unsaturated/α-hetero) is 1. The van der Waals surface area contributed by atoms with Crippen molar-refractivity contribution in [3.05, 3.63) is 75.2 Å². The second-order valence-corrected chi connectivity index (χ2v) is 15.9. The number of piperazine rings is 1. The molecule has 0 unspecified atom stereocenters. The molecule has 2 aromatic carbocycles. The quantitative estimate of drug-likeness (QED) is 0.242. The third-order valence-corrected chi connectivity index (χ3v) is 11.5. The summed E-state index contributed by atoms with van der Waals surface area (Å²) in [5.41, 5.74) is 9.69. The lowest BCUT2D eigenvalue weighted by Gasteiger charge is -2.48. The van der Waals surface area contributed by atoms with E-state index in [9.17, 15) is 9.59 Å². The summed E-state index contributed by atoms with van der Waals surface area (Å²) < 4.78 is 10.3. The Hall–Kier alpha value is -3.01. The maximum absolute atomic E-state index is 13.8. The topological polar surface area (TPSA) is 93.7 Å². The number of hydrogen-bond acceptors (Lipinski definition) is 7. The number of ketones is 1. The lowest BCUT2D eigenvalue weighted by Crippen LogP contribution is -2.47. The minimum absolute atomic E-state index is 0.0168. The van der Waals surface area contributed by atoms with Gasteiger partial charge in [0.15, 0.2) is 5.78 Å². The summed E-state index contributed by atoms with van der Waals surface area (Å²) in [5.74, 6) is 1.23. The molecule has 1 saturated heterocycles. The highest BCUT2D eigenvalue weighted by molar-refractivity contribution is 8.30. The van der Waals surface area contributed by atoms with Crippen molar-refractivity contribution in [2.24, 2.45) is 5.41 Å². The van der Waals surface area contributed by atoms with E-state index in [1.165, 1.54) is 4.68 Å². The summed E-state index contributed by atoms with van der Waals surface area (Å²) in [6, 6.07) is 12.9. The molecule has 220 valence electrons. The predicted molar refractivity (Wildman–Crippen MR) is 170 cm³/mol. The number of ether oxygens (including phenoxy) is 1. The number of rotatable bonds is 10. The molecular formula is C31H40ClN5O3S. The van der Waals surface area contributed by atoms with Gasteiger partial charge in [-0.1, -0.05) is 30.7 Å². The lowest BCUT2D eigenvalue weighted by atomic mass is 10.1. The van der Waals surface area contributed by atoms with E-state index in [0.717, 1.165) is 62.4 Å². The van der Waals surface area contributed by atoms with E-state index in [-0.39, 0.29) is 16.8 Å². The Morgan fingerprint density at radius 1 is 1.12 bits per heavy atom. The molecule has 10 heteroatoms. The van der Waals surface area contributed by atoms with Gasteiger partial charge < -0.3 is 15.4 Å². The fraction of sp³-hybridized carbons (Fsp3) is 0.452. The first-order valence-electron chi connectivity index (χ1n) is 14.1. The fourth-order valence-corrected chi connectivity index (χ4v) is 8.04. The Labute approximate surface area is 248 Å². The highest BCUT2D eigenvalue weighted by atomic mass is 35.5. The van der Waals surface area contributed by atoms with Crippen molar-refractivity contribution in [3.63, 3.8) is 0 Å². The van der Waals surface area contributed by atoms with E-state index in [0.29, 0.717) is 34.3 Å². The normalized spacial score (nSPS) is 17.3. The zero-order chi connectivity index (χ0) is 29.4. The second-order valence-electron chi connectivity index (χ2n) is 11.7. The van der Waals surface area contributed by atoms with Crippen LogP contribution in [0.1, 0.15) is 49.0 Å². The van der Waals surface area contributed by atoms with Crippen LogP contribution in [0.3, 0.4) is 0 Å². The van der Waals surface area contributed by atoms with E-state index in [1.807, 2.05) is 30.3 Å². The number of nitrogens with zero attached hydrogens (tertiary/aromatic N) is 4. The molecule has 0 amide bonds. The first kappa shape index (κ1) is 29.5. The van der Waals surface area contributed by atoms with Gasteiger partial charge in [-0.05, 0) is 74.6 Å². The largest absolute Gasteiger partial charge is 0.486 e. The number of anilines is 2. The third kappa shape index (κ3) is 6.42. The molecule has 1 aromatic heterocycles. The first-order valence-corrected chi connectivity index (χ1v) is 17.1. The molecule has 8 nitrogen and oxygen atoms in total. The van der Waals surface area contributed by atoms with Crippen molar-refractivity contribution in [3.8, 4) is 11.4 Å². The summed E-state index contributed by atoms with van der Waals surface area (Å²) in [6.07, 6.45) is 9.70. The van der Waals surface area contributed by atoms with Gasteiger partial charge in [0.2, 0.25) is 5.75 Å². The van der Waals surface area contributed by atoms with Crippen LogP contribution in [0.4, 0.5) is 11.4 Å². The van der Waals surface area contributed by atoms with Crippen molar-refractivity contribution in [1.29, 1.82) is 0 Å². The average molecular weight is 598 g/mol. The number of carbonyl (C=O) groups excluding carboxylic acids is 1. The van der Waals surface area contributed by atoms with E-state index >= 15 is 0 Å². The van der Waals surface area contributed by atoms with E-state index in [2.05, 4.69) is 33.7 Å². The molecular weight excluding hydrogens is 558 g/mol. The molecule has 2 heterocycles. The number of halogens is 1. The van der Waals surface area contributed by atoms with Crippen molar-refractivity contribution < 1.29 is 9.53 Å². The van der Waals surface area contributed by atoms with Crippen molar-refractivity contribution in [2.45, 2.75) is 38.9 Å². The van der Waals surface area contributed by atoms with Gasteiger partial charge in [0.05, 0.1) is 18.5 Å². The van der Waals surface area contributed by atoms with Gasteiger partial charge in [-0.15, -0.1) is 0 Å². The monoisotopic (exact) mass is 597 g/mol. The molecule has 2 N–H and O–H groups in total. The van der Waals surface area contributed by atoms with Gasteiger partial charge in [-0.3, -0.25) is 13.9 Å². The fourth-order valence-electron chi connectivity index (χ4n) is 5.53. The predicted octanol–water partition coefficient (Wildman–Crippen LogP) is 5.54. The zero-order valence-corrected chi connectivity index (χ0v) is 25.9. The molecule has 1 aliphatic carbocycles. The minimum atomic E-state index is -1.14. The lowest BCUT2D eigenvalue weighted by molar-refractivity contribution is 0.101. The molecule has 5 rings (SSSR count). The van der Waals surface area contributed by atoms with Crippen LogP contribution in [0.5, 0.6) is 5.75 Å². The van der Waals surface area contributed by atoms with Gasteiger partial charge in [0, 0.05) is 53.6 Å². The Balaban J connectivity index is 1.34. The number of carbonyl (C=O) groups is 1. The number of benzene rings is 2. The molecule has 3 aromatic rings. The van der Waals surface area contributed by atoms with Gasteiger partial charge >= 0.3 is 5.56 Å². The molecule has 1 aliphatic heterocycles. The molecule has 41 heavy (non-hydrogen) atoms. The maximum Gasteiger partial charge on any atom is 0.316 e. The van der Waals surface area contributed by atoms with Crippen molar-refractivity contribution in [1.82, 2.24) is 14.1 Å². The van der Waals surface area contributed by atoms with Crippen LogP contribution >= 0.6 is 21.8 Å². The molecule has 0 radical (unpaired) electrons. The minimum Gasteiger partial charge on any atom is -0.486 e. The Morgan fingerprint density at radius 3 is 2.46 bits per heavy atom. The molecule has 0 bridgehead atoms. The summed E-state index contributed by atoms with van der Waals surface area (Å²) in [5, 5.41) is 5.08. The van der Waals surface area contributed by atoms with Gasteiger partial charge in [0.1, 0.15) is 5.69 Å². The first-order chi connectivity index (χ1) is 19.5. The van der Waals surface area contributed by atoms with Crippen LogP contribution in [-0.2, 0) is 5.75 Å². The number of hydrogen-bond donors (Lipinski definition) is 1. The van der Waals surface area contributed by atoms with Crippen LogP contribution in [0, 0.1) is 5.41 Å². The van der Waals surface area contributed by atoms with Crippen LogP contribution in [0.15, 0.2) is 53.5 Å².